The van der Waals surface area contributed by atoms with Gasteiger partial charge in [0, 0.05) is 16.6 Å². The van der Waals surface area contributed by atoms with Gasteiger partial charge in [0.25, 0.3) is 0 Å². The van der Waals surface area contributed by atoms with Crippen molar-refractivity contribution in [2.24, 2.45) is 0 Å². The number of hydrogen-bond acceptors (Lipinski definition) is 4. The van der Waals surface area contributed by atoms with Gasteiger partial charge in [0.15, 0.2) is 11.5 Å². The Balaban J connectivity index is 1.60. The van der Waals surface area contributed by atoms with Crippen molar-refractivity contribution >= 4 is 23.4 Å². The highest BCUT2D eigenvalue weighted by atomic mass is 32.2. The van der Waals surface area contributed by atoms with Gasteiger partial charge in [-0.15, -0.1) is 11.8 Å². The van der Waals surface area contributed by atoms with E-state index in [2.05, 4.69) is 37.4 Å². The molecule has 23 heavy (non-hydrogen) atoms. The number of aryl methyl sites for hydroxylation is 2. The van der Waals surface area contributed by atoms with Crippen LogP contribution in [0.5, 0.6) is 11.5 Å². The maximum atomic E-state index is 12.1. The van der Waals surface area contributed by atoms with Crippen LogP contribution < -0.4 is 14.8 Å². The predicted octanol–water partition coefficient (Wildman–Crippen LogP) is 3.81. The molecule has 120 valence electrons. The van der Waals surface area contributed by atoms with Gasteiger partial charge in [-0.2, -0.15) is 0 Å². The summed E-state index contributed by atoms with van der Waals surface area (Å²) < 4.78 is 11.0. The van der Waals surface area contributed by atoms with E-state index < -0.39 is 0 Å². The van der Waals surface area contributed by atoms with E-state index in [4.69, 9.17) is 9.47 Å². The van der Waals surface area contributed by atoms with Crippen LogP contribution in [0.15, 0.2) is 41.3 Å². The fourth-order valence-electron chi connectivity index (χ4n) is 2.32. The van der Waals surface area contributed by atoms with Gasteiger partial charge in [-0.3, -0.25) is 4.79 Å². The van der Waals surface area contributed by atoms with E-state index in [1.54, 1.807) is 17.8 Å². The second-order valence-corrected chi connectivity index (χ2v) is 6.48. The largest absolute Gasteiger partial charge is 0.486 e. The summed E-state index contributed by atoms with van der Waals surface area (Å²) in [6.07, 6.45) is 0. The Bertz CT molecular complexity index is 730. The Morgan fingerprint density at radius 2 is 1.87 bits per heavy atom. The van der Waals surface area contributed by atoms with Gasteiger partial charge in [-0.1, -0.05) is 17.7 Å². The monoisotopic (exact) mass is 329 g/mol. The van der Waals surface area contributed by atoms with E-state index in [-0.39, 0.29) is 5.91 Å². The maximum absolute atomic E-state index is 12.1. The smallest absolute Gasteiger partial charge is 0.234 e. The number of ether oxygens (including phenoxy) is 2. The number of hydrogen-bond donors (Lipinski definition) is 1. The van der Waals surface area contributed by atoms with Crippen LogP contribution in [-0.2, 0) is 4.79 Å². The quantitative estimate of drug-likeness (QED) is 0.867. The average molecular weight is 329 g/mol. The second-order valence-electron chi connectivity index (χ2n) is 5.46. The lowest BCUT2D eigenvalue weighted by Gasteiger charge is -2.19. The molecule has 0 bridgehead atoms. The molecule has 0 saturated heterocycles. The SMILES string of the molecule is Cc1ccc(C)c(SCC(=O)Nc2ccc3c(c2)OCCO3)c1. The number of rotatable bonds is 4. The summed E-state index contributed by atoms with van der Waals surface area (Å²) in [5, 5.41) is 2.90. The van der Waals surface area contributed by atoms with Crippen molar-refractivity contribution in [3.8, 4) is 11.5 Å². The first-order valence-electron chi connectivity index (χ1n) is 7.51. The third-order valence-corrected chi connectivity index (χ3v) is 4.69. The third-order valence-electron chi connectivity index (χ3n) is 3.53. The highest BCUT2D eigenvalue weighted by Crippen LogP contribution is 2.32. The molecule has 1 heterocycles. The fraction of sp³-hybridized carbons (Fsp3) is 0.278. The fourth-order valence-corrected chi connectivity index (χ4v) is 3.25. The molecule has 0 aliphatic carbocycles. The summed E-state index contributed by atoms with van der Waals surface area (Å²) >= 11 is 1.55. The van der Waals surface area contributed by atoms with E-state index in [9.17, 15) is 4.79 Å². The van der Waals surface area contributed by atoms with Crippen molar-refractivity contribution in [1.82, 2.24) is 0 Å². The van der Waals surface area contributed by atoms with Gasteiger partial charge in [0.05, 0.1) is 5.75 Å². The minimum absolute atomic E-state index is 0.0346. The molecule has 1 aliphatic rings. The molecule has 4 nitrogen and oxygen atoms in total. The molecule has 5 heteroatoms. The summed E-state index contributed by atoms with van der Waals surface area (Å²) in [5.74, 6) is 1.74. The highest BCUT2D eigenvalue weighted by molar-refractivity contribution is 8.00. The standard InChI is InChI=1S/C18H19NO3S/c1-12-3-4-13(2)17(9-12)23-11-18(20)19-14-5-6-15-16(10-14)22-8-7-21-15/h3-6,9-10H,7-8,11H2,1-2H3,(H,19,20). The zero-order valence-corrected chi connectivity index (χ0v) is 14.0. The molecule has 0 aromatic heterocycles. The molecule has 0 spiro atoms. The lowest BCUT2D eigenvalue weighted by atomic mass is 10.2. The van der Waals surface area contributed by atoms with Crippen LogP contribution in [0.3, 0.4) is 0 Å². The summed E-state index contributed by atoms with van der Waals surface area (Å²) in [6.45, 7) is 5.21. The molecular formula is C18H19NO3S. The number of carbonyl (C=O) groups is 1. The van der Waals surface area contributed by atoms with Crippen molar-refractivity contribution in [1.29, 1.82) is 0 Å². The molecule has 3 rings (SSSR count). The van der Waals surface area contributed by atoms with Gasteiger partial charge in [0.2, 0.25) is 5.91 Å². The number of benzene rings is 2. The second kappa shape index (κ2) is 6.96. The molecule has 0 atom stereocenters. The first-order valence-corrected chi connectivity index (χ1v) is 8.50. The lowest BCUT2D eigenvalue weighted by molar-refractivity contribution is -0.113. The van der Waals surface area contributed by atoms with Crippen molar-refractivity contribution < 1.29 is 14.3 Å². The zero-order valence-electron chi connectivity index (χ0n) is 13.2. The van der Waals surface area contributed by atoms with Gasteiger partial charge >= 0.3 is 0 Å². The number of nitrogens with one attached hydrogen (secondary N) is 1. The summed E-state index contributed by atoms with van der Waals surface area (Å²) in [6, 6.07) is 11.7. The Morgan fingerprint density at radius 3 is 2.70 bits per heavy atom. The molecule has 1 N–H and O–H groups in total. The van der Waals surface area contributed by atoms with Crippen LogP contribution >= 0.6 is 11.8 Å². The zero-order chi connectivity index (χ0) is 16.2. The molecule has 1 amide bonds. The van der Waals surface area contributed by atoms with Gasteiger partial charge in [-0.05, 0) is 37.6 Å². The van der Waals surface area contributed by atoms with Crippen LogP contribution in [0.1, 0.15) is 11.1 Å². The predicted molar refractivity (Wildman–Crippen MR) is 92.7 cm³/mol. The Kier molecular flexibility index (Phi) is 4.76. The van der Waals surface area contributed by atoms with E-state index in [0.717, 1.165) is 16.3 Å². The van der Waals surface area contributed by atoms with Crippen molar-refractivity contribution in [2.75, 3.05) is 24.3 Å². The Morgan fingerprint density at radius 1 is 1.09 bits per heavy atom. The highest BCUT2D eigenvalue weighted by Gasteiger charge is 2.13. The third kappa shape index (κ3) is 3.99. The van der Waals surface area contributed by atoms with E-state index >= 15 is 0 Å². The normalized spacial score (nSPS) is 12.8. The van der Waals surface area contributed by atoms with Crippen LogP contribution in [0.2, 0.25) is 0 Å². The summed E-state index contributed by atoms with van der Waals surface area (Å²) in [5.41, 5.74) is 3.11. The Labute approximate surface area is 140 Å². The van der Waals surface area contributed by atoms with Gasteiger partial charge < -0.3 is 14.8 Å². The number of anilines is 1. The lowest BCUT2D eigenvalue weighted by Crippen LogP contribution is -2.17. The van der Waals surface area contributed by atoms with Crippen molar-refractivity contribution in [3.63, 3.8) is 0 Å². The van der Waals surface area contributed by atoms with Crippen molar-refractivity contribution in [2.45, 2.75) is 18.7 Å². The molecule has 0 saturated carbocycles. The number of thioether (sulfide) groups is 1. The van der Waals surface area contributed by atoms with Crippen LogP contribution in [0.4, 0.5) is 5.69 Å². The topological polar surface area (TPSA) is 47.6 Å². The molecule has 2 aromatic carbocycles. The molecule has 0 unspecified atom stereocenters. The number of fused-ring (bicyclic) bond motifs is 1. The number of carbonyl (C=O) groups excluding carboxylic acids is 1. The van der Waals surface area contributed by atoms with Crippen LogP contribution in [0.25, 0.3) is 0 Å². The van der Waals surface area contributed by atoms with E-state index in [1.165, 1.54) is 11.1 Å². The first-order chi connectivity index (χ1) is 11.1. The van der Waals surface area contributed by atoms with Crippen molar-refractivity contribution in [3.05, 3.63) is 47.5 Å². The van der Waals surface area contributed by atoms with Crippen LogP contribution in [0, 0.1) is 13.8 Å². The molecule has 0 fully saturated rings. The molecular weight excluding hydrogens is 310 g/mol. The average Bonchev–Trinajstić information content (AvgIpc) is 2.55. The Hall–Kier alpha value is -2.14. The first kappa shape index (κ1) is 15.7. The minimum Gasteiger partial charge on any atom is -0.486 e. The van der Waals surface area contributed by atoms with Gasteiger partial charge in [0.1, 0.15) is 13.2 Å². The summed E-state index contributed by atoms with van der Waals surface area (Å²) in [7, 11) is 0. The van der Waals surface area contributed by atoms with E-state index in [0.29, 0.717) is 24.7 Å². The number of amides is 1. The molecule has 0 radical (unpaired) electrons. The molecule has 2 aromatic rings. The van der Waals surface area contributed by atoms with Gasteiger partial charge in [-0.25, -0.2) is 0 Å². The molecule has 1 aliphatic heterocycles. The maximum Gasteiger partial charge on any atom is 0.234 e. The van der Waals surface area contributed by atoms with E-state index in [1.807, 2.05) is 12.1 Å². The minimum atomic E-state index is -0.0346. The summed E-state index contributed by atoms with van der Waals surface area (Å²) in [4.78, 5) is 13.3. The van der Waals surface area contributed by atoms with Crippen LogP contribution in [-0.4, -0.2) is 24.9 Å².